The Morgan fingerprint density at radius 1 is 1.50 bits per heavy atom. The Morgan fingerprint density at radius 3 is 2.42 bits per heavy atom. The molecule has 0 aromatic carbocycles. The first kappa shape index (κ1) is 10.3. The van der Waals surface area contributed by atoms with Crippen LogP contribution in [0.4, 0.5) is 0 Å². The predicted molar refractivity (Wildman–Crippen MR) is 45.3 cm³/mol. The van der Waals surface area contributed by atoms with Crippen molar-refractivity contribution in [2.75, 3.05) is 7.05 Å². The molecule has 0 saturated carbocycles. The molecule has 4 heteroatoms. The summed E-state index contributed by atoms with van der Waals surface area (Å²) in [6, 6.07) is 0. The molecular formula is C8H9NO3. The Balaban J connectivity index is 4.78. The second-order valence-corrected chi connectivity index (χ2v) is 1.86. The van der Waals surface area contributed by atoms with E-state index >= 15 is 0 Å². The minimum absolute atomic E-state index is 0.337. The van der Waals surface area contributed by atoms with Crippen molar-refractivity contribution in [3.63, 3.8) is 0 Å². The molecular weight excluding hydrogens is 158 g/mol. The van der Waals surface area contributed by atoms with Gasteiger partial charge in [0.25, 0.3) is 0 Å². The normalized spacial score (nSPS) is 11.6. The van der Waals surface area contributed by atoms with Crippen molar-refractivity contribution in [3.8, 4) is 0 Å². The average molecular weight is 167 g/mol. The lowest BCUT2D eigenvalue weighted by molar-refractivity contribution is -0.134. The average Bonchev–Trinajstić information content (AvgIpc) is 2.04. The van der Waals surface area contributed by atoms with Gasteiger partial charge in [-0.15, -0.1) is 0 Å². The quantitative estimate of drug-likeness (QED) is 0.286. The van der Waals surface area contributed by atoms with E-state index in [0.29, 0.717) is 0 Å². The van der Waals surface area contributed by atoms with Crippen LogP contribution in [-0.4, -0.2) is 30.1 Å². The molecule has 0 saturated heterocycles. The topological polar surface area (TPSA) is 66.7 Å². The Labute approximate surface area is 69.9 Å². The molecule has 64 valence electrons. The molecule has 0 atom stereocenters. The lowest BCUT2D eigenvalue weighted by Crippen LogP contribution is -2.09. The summed E-state index contributed by atoms with van der Waals surface area (Å²) in [4.78, 5) is 24.8. The molecule has 0 aromatic heterocycles. The first-order valence-corrected chi connectivity index (χ1v) is 3.16. The van der Waals surface area contributed by atoms with Gasteiger partial charge in [-0.2, -0.15) is 0 Å². The van der Waals surface area contributed by atoms with Gasteiger partial charge in [0.2, 0.25) is 0 Å². The molecule has 0 fully saturated rings. The maximum atomic E-state index is 10.8. The van der Waals surface area contributed by atoms with Crippen LogP contribution in [0.1, 0.15) is 0 Å². The highest BCUT2D eigenvalue weighted by molar-refractivity contribution is 6.22. The van der Waals surface area contributed by atoms with Crippen molar-refractivity contribution in [1.82, 2.24) is 0 Å². The second-order valence-electron chi connectivity index (χ2n) is 1.86. The highest BCUT2D eigenvalue weighted by Crippen LogP contribution is 1.96. The van der Waals surface area contributed by atoms with E-state index in [9.17, 15) is 9.59 Å². The molecule has 0 amide bonds. The molecule has 0 aliphatic rings. The van der Waals surface area contributed by atoms with Crippen molar-refractivity contribution < 1.29 is 14.7 Å². The standard InChI is InChI=1S/C8H9NO3/c1-3-7(10)6(8(11)12)4-5-9-2/h3-5H,1H2,2H3,(H,11,12)/b6-4+,9-5+. The molecule has 0 aromatic rings. The van der Waals surface area contributed by atoms with Crippen molar-refractivity contribution in [2.45, 2.75) is 0 Å². The molecule has 0 unspecified atom stereocenters. The van der Waals surface area contributed by atoms with Crippen LogP contribution in [0, 0.1) is 0 Å². The van der Waals surface area contributed by atoms with Gasteiger partial charge < -0.3 is 5.11 Å². The summed E-state index contributed by atoms with van der Waals surface area (Å²) in [7, 11) is 1.48. The van der Waals surface area contributed by atoms with Gasteiger partial charge in [-0.25, -0.2) is 4.79 Å². The second kappa shape index (κ2) is 5.01. The molecule has 1 N–H and O–H groups in total. The summed E-state index contributed by atoms with van der Waals surface area (Å²) in [5, 5.41) is 8.50. The van der Waals surface area contributed by atoms with E-state index in [1.54, 1.807) is 0 Å². The molecule has 12 heavy (non-hydrogen) atoms. The van der Waals surface area contributed by atoms with E-state index in [0.717, 1.165) is 12.2 Å². The van der Waals surface area contributed by atoms with Crippen LogP contribution in [0.2, 0.25) is 0 Å². The number of aliphatic carboxylic acids is 1. The molecule has 0 rings (SSSR count). The third-order valence-electron chi connectivity index (χ3n) is 1.07. The first-order valence-electron chi connectivity index (χ1n) is 3.16. The zero-order valence-electron chi connectivity index (χ0n) is 6.65. The van der Waals surface area contributed by atoms with Gasteiger partial charge in [-0.1, -0.05) is 6.58 Å². The van der Waals surface area contributed by atoms with Crippen LogP contribution in [0.25, 0.3) is 0 Å². The van der Waals surface area contributed by atoms with Crippen molar-refractivity contribution in [1.29, 1.82) is 0 Å². The molecule has 0 aliphatic heterocycles. The highest BCUT2D eigenvalue weighted by atomic mass is 16.4. The number of carbonyl (C=O) groups is 2. The third kappa shape index (κ3) is 2.92. The molecule has 4 nitrogen and oxygen atoms in total. The van der Waals surface area contributed by atoms with E-state index in [1.165, 1.54) is 13.3 Å². The highest BCUT2D eigenvalue weighted by Gasteiger charge is 2.12. The lowest BCUT2D eigenvalue weighted by atomic mass is 10.1. The fraction of sp³-hybridized carbons (Fsp3) is 0.125. The maximum Gasteiger partial charge on any atom is 0.339 e. The summed E-state index contributed by atoms with van der Waals surface area (Å²) < 4.78 is 0. The number of nitrogens with zero attached hydrogens (tertiary/aromatic N) is 1. The zero-order chi connectivity index (χ0) is 9.56. The largest absolute Gasteiger partial charge is 0.478 e. The summed E-state index contributed by atoms with van der Waals surface area (Å²) in [6.07, 6.45) is 3.32. The van der Waals surface area contributed by atoms with E-state index < -0.39 is 11.8 Å². The van der Waals surface area contributed by atoms with Crippen LogP contribution in [0.5, 0.6) is 0 Å². The summed E-state index contributed by atoms with van der Waals surface area (Å²) in [6.45, 7) is 3.17. The van der Waals surface area contributed by atoms with Crippen molar-refractivity contribution >= 4 is 18.0 Å². The summed E-state index contributed by atoms with van der Waals surface area (Å²) >= 11 is 0. The number of carboxylic acids is 1. The van der Waals surface area contributed by atoms with Crippen LogP contribution in [0.3, 0.4) is 0 Å². The van der Waals surface area contributed by atoms with Gasteiger partial charge in [0.05, 0.1) is 0 Å². The van der Waals surface area contributed by atoms with Crippen molar-refractivity contribution in [2.24, 2.45) is 4.99 Å². The number of hydrogen-bond acceptors (Lipinski definition) is 3. The number of ketones is 1. The Bertz CT molecular complexity index is 263. The molecule has 0 aliphatic carbocycles. The molecule has 0 radical (unpaired) electrons. The molecule has 0 spiro atoms. The Hall–Kier alpha value is -1.71. The Morgan fingerprint density at radius 2 is 2.08 bits per heavy atom. The minimum Gasteiger partial charge on any atom is -0.478 e. The van der Waals surface area contributed by atoms with Crippen LogP contribution in [0.15, 0.2) is 29.3 Å². The number of allylic oxidation sites excluding steroid dienone is 2. The number of rotatable bonds is 4. The van der Waals surface area contributed by atoms with Gasteiger partial charge in [-0.05, 0) is 12.2 Å². The summed E-state index contributed by atoms with van der Waals surface area (Å²) in [5.41, 5.74) is -0.337. The maximum absolute atomic E-state index is 10.8. The van der Waals surface area contributed by atoms with Gasteiger partial charge >= 0.3 is 5.97 Å². The van der Waals surface area contributed by atoms with Crippen LogP contribution < -0.4 is 0 Å². The number of carboxylic acid groups (broad SMARTS) is 1. The van der Waals surface area contributed by atoms with Gasteiger partial charge in [0.15, 0.2) is 5.78 Å². The van der Waals surface area contributed by atoms with Gasteiger partial charge in [0.1, 0.15) is 5.57 Å². The first-order chi connectivity index (χ1) is 5.63. The lowest BCUT2D eigenvalue weighted by Gasteiger charge is -1.92. The monoisotopic (exact) mass is 167 g/mol. The number of hydrogen-bond donors (Lipinski definition) is 1. The van der Waals surface area contributed by atoms with Gasteiger partial charge in [-0.3, -0.25) is 9.79 Å². The number of carbonyl (C=O) groups excluding carboxylic acids is 1. The molecule has 0 bridgehead atoms. The fourth-order valence-corrected chi connectivity index (χ4v) is 0.518. The van der Waals surface area contributed by atoms with Gasteiger partial charge in [0, 0.05) is 13.3 Å². The van der Waals surface area contributed by atoms with E-state index in [2.05, 4.69) is 11.6 Å². The number of aliphatic imine (C=N–C) groups is 1. The minimum atomic E-state index is -1.28. The van der Waals surface area contributed by atoms with E-state index in [4.69, 9.17) is 5.11 Å². The zero-order valence-corrected chi connectivity index (χ0v) is 6.65. The van der Waals surface area contributed by atoms with E-state index in [-0.39, 0.29) is 5.57 Å². The van der Waals surface area contributed by atoms with E-state index in [1.807, 2.05) is 0 Å². The molecule has 0 heterocycles. The van der Waals surface area contributed by atoms with Crippen LogP contribution >= 0.6 is 0 Å². The van der Waals surface area contributed by atoms with Crippen LogP contribution in [-0.2, 0) is 9.59 Å². The SMILES string of the molecule is C=CC(=O)/C(=C\C=N\C)C(=O)O. The Kier molecular flexibility index (Phi) is 4.30. The predicted octanol–water partition coefficient (Wildman–Crippen LogP) is 0.453. The third-order valence-corrected chi connectivity index (χ3v) is 1.07. The smallest absolute Gasteiger partial charge is 0.339 e. The van der Waals surface area contributed by atoms with Crippen molar-refractivity contribution in [3.05, 3.63) is 24.3 Å². The fourth-order valence-electron chi connectivity index (χ4n) is 0.518. The summed E-state index contributed by atoms with van der Waals surface area (Å²) in [5.74, 6) is -1.90.